The number of ether oxygens (including phenoxy) is 2. The number of nitrogens with one attached hydrogen (secondary N) is 1. The largest absolute Gasteiger partial charge is 0.489 e. The van der Waals surface area contributed by atoms with Crippen LogP contribution >= 0.6 is 11.8 Å². The lowest BCUT2D eigenvalue weighted by atomic mass is 10.2. The lowest BCUT2D eigenvalue weighted by molar-refractivity contribution is -0.0328. The summed E-state index contributed by atoms with van der Waals surface area (Å²) in [6, 6.07) is 8.53. The number of hydrogen-bond donors (Lipinski definition) is 1. The van der Waals surface area contributed by atoms with Crippen LogP contribution in [0.25, 0.3) is 0 Å². The van der Waals surface area contributed by atoms with Crippen molar-refractivity contribution in [2.75, 3.05) is 25.6 Å². The molecular formula is C17H15F4NO3S. The van der Waals surface area contributed by atoms with Gasteiger partial charge in [-0.3, -0.25) is 4.79 Å². The number of benzene rings is 2. The second-order valence-corrected chi connectivity index (χ2v) is 6.15. The number of halogens is 4. The van der Waals surface area contributed by atoms with E-state index in [-0.39, 0.29) is 40.3 Å². The van der Waals surface area contributed by atoms with E-state index in [0.717, 1.165) is 6.07 Å². The van der Waals surface area contributed by atoms with Crippen LogP contribution in [0.3, 0.4) is 0 Å². The topological polar surface area (TPSA) is 47.6 Å². The summed E-state index contributed by atoms with van der Waals surface area (Å²) in [5, 5.41) is 2.49. The van der Waals surface area contributed by atoms with E-state index in [4.69, 9.17) is 9.47 Å². The molecule has 0 spiro atoms. The Bertz CT molecular complexity index is 751. The fraction of sp³-hybridized carbons (Fsp3) is 0.235. The molecular weight excluding hydrogens is 374 g/mol. The van der Waals surface area contributed by atoms with Crippen molar-refractivity contribution < 1.29 is 31.8 Å². The average Bonchev–Trinajstić information content (AvgIpc) is 2.56. The lowest BCUT2D eigenvalue weighted by Gasteiger charge is -2.13. The molecule has 0 aliphatic carbocycles. The van der Waals surface area contributed by atoms with Gasteiger partial charge in [0.2, 0.25) is 0 Å². The third-order valence-corrected chi connectivity index (χ3v) is 3.82. The second kappa shape index (κ2) is 8.91. The van der Waals surface area contributed by atoms with Crippen molar-refractivity contribution in [3.63, 3.8) is 0 Å². The minimum atomic E-state index is -4.40. The van der Waals surface area contributed by atoms with Gasteiger partial charge in [0.05, 0.1) is 12.3 Å². The molecule has 2 aromatic rings. The molecule has 0 unspecified atom stereocenters. The summed E-state index contributed by atoms with van der Waals surface area (Å²) in [6.45, 7) is 0.511. The Morgan fingerprint density at radius 3 is 2.42 bits per heavy atom. The number of anilines is 1. The molecule has 9 heteroatoms. The van der Waals surface area contributed by atoms with Crippen LogP contribution in [-0.4, -0.2) is 31.7 Å². The Morgan fingerprint density at radius 1 is 1.12 bits per heavy atom. The monoisotopic (exact) mass is 389 g/mol. The van der Waals surface area contributed by atoms with Gasteiger partial charge in [-0.05, 0) is 48.2 Å². The van der Waals surface area contributed by atoms with Crippen molar-refractivity contribution in [1.29, 1.82) is 0 Å². The Morgan fingerprint density at radius 2 is 1.81 bits per heavy atom. The highest BCUT2D eigenvalue weighted by atomic mass is 32.2. The fourth-order valence-corrected chi connectivity index (χ4v) is 2.50. The zero-order valence-electron chi connectivity index (χ0n) is 13.6. The zero-order chi connectivity index (χ0) is 19.2. The summed E-state index contributed by atoms with van der Waals surface area (Å²) in [7, 11) is 1.50. The van der Waals surface area contributed by atoms with E-state index >= 15 is 0 Å². The zero-order valence-corrected chi connectivity index (χ0v) is 14.4. The molecule has 26 heavy (non-hydrogen) atoms. The number of rotatable bonds is 7. The predicted molar refractivity (Wildman–Crippen MR) is 90.1 cm³/mol. The summed E-state index contributed by atoms with van der Waals surface area (Å²) in [6.07, 6.45) is 0. The van der Waals surface area contributed by atoms with E-state index in [2.05, 4.69) is 5.32 Å². The number of amides is 1. The van der Waals surface area contributed by atoms with Crippen LogP contribution < -0.4 is 10.1 Å². The Balaban J connectivity index is 2.10. The van der Waals surface area contributed by atoms with E-state index in [1.165, 1.54) is 43.5 Å². The van der Waals surface area contributed by atoms with Crippen LogP contribution in [0.1, 0.15) is 10.4 Å². The van der Waals surface area contributed by atoms with E-state index in [1.807, 2.05) is 0 Å². The normalized spacial score (nSPS) is 11.3. The molecule has 2 rings (SSSR count). The van der Waals surface area contributed by atoms with Crippen LogP contribution in [0.4, 0.5) is 23.2 Å². The van der Waals surface area contributed by atoms with E-state index in [1.54, 1.807) is 0 Å². The van der Waals surface area contributed by atoms with Crippen LogP contribution in [-0.2, 0) is 4.74 Å². The first-order valence-electron chi connectivity index (χ1n) is 7.37. The maximum absolute atomic E-state index is 13.5. The molecule has 0 aliphatic rings. The molecule has 4 nitrogen and oxygen atoms in total. The highest BCUT2D eigenvalue weighted by Crippen LogP contribution is 2.36. The molecule has 0 radical (unpaired) electrons. The predicted octanol–water partition coefficient (Wildman–Crippen LogP) is 4.72. The quantitative estimate of drug-likeness (QED) is 0.423. The molecule has 0 aliphatic heterocycles. The molecule has 0 atom stereocenters. The fourth-order valence-electron chi connectivity index (χ4n) is 1.96. The van der Waals surface area contributed by atoms with Crippen molar-refractivity contribution in [3.8, 4) is 5.75 Å². The van der Waals surface area contributed by atoms with Crippen molar-refractivity contribution in [3.05, 3.63) is 53.8 Å². The summed E-state index contributed by atoms with van der Waals surface area (Å²) in [5.74, 6) is -0.923. The molecule has 0 bridgehead atoms. The molecule has 0 saturated carbocycles. The first-order valence-corrected chi connectivity index (χ1v) is 8.18. The lowest BCUT2D eigenvalue weighted by Crippen LogP contribution is -2.14. The van der Waals surface area contributed by atoms with Crippen LogP contribution in [0.15, 0.2) is 47.4 Å². The third kappa shape index (κ3) is 6.23. The molecule has 1 N–H and O–H groups in total. The third-order valence-electron chi connectivity index (χ3n) is 3.08. The highest BCUT2D eigenvalue weighted by Gasteiger charge is 2.29. The summed E-state index contributed by atoms with van der Waals surface area (Å²) < 4.78 is 60.7. The Hall–Kier alpha value is -2.26. The van der Waals surface area contributed by atoms with Gasteiger partial charge in [0.25, 0.3) is 5.91 Å². The van der Waals surface area contributed by atoms with Crippen molar-refractivity contribution in [1.82, 2.24) is 0 Å². The highest BCUT2D eigenvalue weighted by molar-refractivity contribution is 8.00. The number of alkyl halides is 3. The van der Waals surface area contributed by atoms with Gasteiger partial charge in [0.15, 0.2) is 0 Å². The molecule has 140 valence electrons. The van der Waals surface area contributed by atoms with Gasteiger partial charge in [0.1, 0.15) is 18.2 Å². The van der Waals surface area contributed by atoms with E-state index in [0.29, 0.717) is 6.61 Å². The maximum atomic E-state index is 13.5. The van der Waals surface area contributed by atoms with Gasteiger partial charge >= 0.3 is 5.51 Å². The summed E-state index contributed by atoms with van der Waals surface area (Å²) >= 11 is -0.272. The van der Waals surface area contributed by atoms with E-state index in [9.17, 15) is 22.4 Å². The van der Waals surface area contributed by atoms with E-state index < -0.39 is 17.2 Å². The number of carbonyl (C=O) groups excluding carboxylic acids is 1. The first kappa shape index (κ1) is 20.1. The molecule has 1 amide bonds. The number of hydrogen-bond acceptors (Lipinski definition) is 4. The number of thioether (sulfide) groups is 1. The van der Waals surface area contributed by atoms with Crippen molar-refractivity contribution in [2.24, 2.45) is 0 Å². The minimum Gasteiger partial charge on any atom is -0.489 e. The second-order valence-electron chi connectivity index (χ2n) is 5.01. The molecule has 0 heterocycles. The smallest absolute Gasteiger partial charge is 0.446 e. The number of carbonyl (C=O) groups is 1. The van der Waals surface area contributed by atoms with Gasteiger partial charge in [0, 0.05) is 23.6 Å². The average molecular weight is 389 g/mol. The van der Waals surface area contributed by atoms with Gasteiger partial charge in [-0.1, -0.05) is 0 Å². The minimum absolute atomic E-state index is 0.0385. The Kier molecular flexibility index (Phi) is 6.87. The summed E-state index contributed by atoms with van der Waals surface area (Å²) in [4.78, 5) is 12.2. The summed E-state index contributed by atoms with van der Waals surface area (Å²) in [5.41, 5.74) is -4.16. The van der Waals surface area contributed by atoms with Crippen LogP contribution in [0.2, 0.25) is 0 Å². The van der Waals surface area contributed by atoms with Crippen molar-refractivity contribution in [2.45, 2.75) is 10.4 Å². The molecule has 0 saturated heterocycles. The SMILES string of the molecule is COCCOc1ccc(F)cc1NC(=O)c1ccc(SC(F)(F)F)cc1. The molecule has 0 aromatic heterocycles. The van der Waals surface area contributed by atoms with Gasteiger partial charge < -0.3 is 14.8 Å². The van der Waals surface area contributed by atoms with Gasteiger partial charge in [-0.25, -0.2) is 4.39 Å². The maximum Gasteiger partial charge on any atom is 0.446 e. The molecule has 0 fully saturated rings. The Labute approximate surface area is 151 Å². The molecule has 2 aromatic carbocycles. The standard InChI is InChI=1S/C17H15F4NO3S/c1-24-8-9-25-15-7-4-12(18)10-14(15)22-16(23)11-2-5-13(6-3-11)26-17(19,20)21/h2-7,10H,8-9H2,1H3,(H,22,23). The first-order chi connectivity index (χ1) is 12.3. The van der Waals surface area contributed by atoms with Gasteiger partial charge in [-0.2, -0.15) is 13.2 Å². The van der Waals surface area contributed by atoms with Crippen LogP contribution in [0.5, 0.6) is 5.75 Å². The van der Waals surface area contributed by atoms with Crippen molar-refractivity contribution >= 4 is 23.4 Å². The van der Waals surface area contributed by atoms with Crippen LogP contribution in [0, 0.1) is 5.82 Å². The number of methoxy groups -OCH3 is 1. The van der Waals surface area contributed by atoms with Gasteiger partial charge in [-0.15, -0.1) is 0 Å².